The van der Waals surface area contributed by atoms with Crippen LogP contribution in [0.5, 0.6) is 23.0 Å². The molecule has 9 aromatic rings. The average molecular weight is 789 g/mol. The number of fused-ring (bicyclic) bond motifs is 8. The molecule has 0 amide bonds. The molecule has 0 aromatic heterocycles. The minimum atomic E-state index is -0.169. The van der Waals surface area contributed by atoms with Crippen LogP contribution in [0.25, 0.3) is 21.5 Å². The van der Waals surface area contributed by atoms with Crippen molar-refractivity contribution in [2.45, 2.75) is 40.0 Å². The first kappa shape index (κ1) is 36.8. The molecule has 0 atom stereocenters. The van der Waals surface area contributed by atoms with E-state index in [1.54, 1.807) is 0 Å². The minimum Gasteiger partial charge on any atom is -0.458 e. The highest BCUT2D eigenvalue weighted by atomic mass is 16.5. The van der Waals surface area contributed by atoms with Gasteiger partial charge in [-0.15, -0.1) is 0 Å². The Kier molecular flexibility index (Phi) is 8.57. The van der Waals surface area contributed by atoms with Gasteiger partial charge in [0.15, 0.2) is 0 Å². The van der Waals surface area contributed by atoms with Crippen LogP contribution in [0.3, 0.4) is 0 Å². The number of rotatable bonds is 6. The monoisotopic (exact) mass is 788 g/mol. The molecule has 0 bridgehead atoms. The van der Waals surface area contributed by atoms with Crippen LogP contribution in [-0.4, -0.2) is 6.71 Å². The highest BCUT2D eigenvalue weighted by molar-refractivity contribution is 7.01. The van der Waals surface area contributed by atoms with E-state index in [0.717, 1.165) is 101 Å². The number of nitrogens with zero attached hydrogens (tertiary/aromatic N) is 2. The van der Waals surface area contributed by atoms with Gasteiger partial charge in [0.1, 0.15) is 23.0 Å². The van der Waals surface area contributed by atoms with Crippen LogP contribution >= 0.6 is 0 Å². The molecule has 2 heterocycles. The lowest BCUT2D eigenvalue weighted by molar-refractivity contribution is 0.459. The van der Waals surface area contributed by atoms with Crippen LogP contribution in [-0.2, 0) is 5.41 Å². The zero-order valence-electron chi connectivity index (χ0n) is 35.1. The fourth-order valence-electron chi connectivity index (χ4n) is 9.54. The molecule has 61 heavy (non-hydrogen) atoms. The Morgan fingerprint density at radius 2 is 0.754 bits per heavy atom. The third kappa shape index (κ3) is 6.14. The maximum Gasteiger partial charge on any atom is 0.262 e. The fraction of sp³-hybridized carbons (Fsp3) is 0.107. The van der Waals surface area contributed by atoms with E-state index in [1.807, 2.05) is 0 Å². The van der Waals surface area contributed by atoms with Gasteiger partial charge in [-0.1, -0.05) is 130 Å². The van der Waals surface area contributed by atoms with Gasteiger partial charge in [0, 0.05) is 51.1 Å². The van der Waals surface area contributed by atoms with Gasteiger partial charge in [0.25, 0.3) is 6.71 Å². The van der Waals surface area contributed by atoms with Crippen molar-refractivity contribution in [1.82, 2.24) is 0 Å². The summed E-state index contributed by atoms with van der Waals surface area (Å²) in [7, 11) is 0. The summed E-state index contributed by atoms with van der Waals surface area (Å²) in [4.78, 5) is 4.74. The van der Waals surface area contributed by atoms with Crippen molar-refractivity contribution in [2.75, 3.05) is 9.80 Å². The zero-order valence-corrected chi connectivity index (χ0v) is 35.1. The summed E-state index contributed by atoms with van der Waals surface area (Å²) in [6.45, 7) is 10.9. The lowest BCUT2D eigenvalue weighted by Crippen LogP contribution is -2.58. The summed E-state index contributed by atoms with van der Waals surface area (Å²) in [5.74, 6) is 3.38. The largest absolute Gasteiger partial charge is 0.458 e. The molecule has 2 aliphatic heterocycles. The molecule has 5 heteroatoms. The zero-order chi connectivity index (χ0) is 41.4. The molecule has 9 aromatic carbocycles. The Morgan fingerprint density at radius 1 is 0.377 bits per heavy atom. The quantitative estimate of drug-likeness (QED) is 0.157. The summed E-state index contributed by atoms with van der Waals surface area (Å²) >= 11 is 0. The molecule has 11 rings (SSSR count). The fourth-order valence-corrected chi connectivity index (χ4v) is 9.54. The first-order chi connectivity index (χ1) is 29.7. The molecule has 294 valence electrons. The molecule has 0 radical (unpaired) electrons. The van der Waals surface area contributed by atoms with Crippen LogP contribution in [0, 0.1) is 13.8 Å². The van der Waals surface area contributed by atoms with Crippen molar-refractivity contribution in [3.8, 4) is 23.0 Å². The van der Waals surface area contributed by atoms with E-state index in [-0.39, 0.29) is 12.1 Å². The van der Waals surface area contributed by atoms with Gasteiger partial charge < -0.3 is 19.3 Å². The van der Waals surface area contributed by atoms with Gasteiger partial charge in [-0.3, -0.25) is 0 Å². The number of benzene rings is 9. The second-order valence-corrected chi connectivity index (χ2v) is 17.5. The van der Waals surface area contributed by atoms with Crippen LogP contribution in [0.2, 0.25) is 0 Å². The SMILES string of the molecule is Cc1cccc(N(c2ccccc2)c2cc3c(c4ccccc24)B2c4c(cc(C(C)(C)C)cc4Oc4cc(N(c5ccccc5)c5cccc(C)c5)c5ccccc5c42)O3)c1. The topological polar surface area (TPSA) is 24.9 Å². The van der Waals surface area contributed by atoms with E-state index in [0.29, 0.717) is 0 Å². The van der Waals surface area contributed by atoms with Crippen molar-refractivity contribution in [3.63, 3.8) is 0 Å². The van der Waals surface area contributed by atoms with Gasteiger partial charge in [0.2, 0.25) is 0 Å². The molecule has 0 spiro atoms. The van der Waals surface area contributed by atoms with E-state index < -0.39 is 0 Å². The summed E-state index contributed by atoms with van der Waals surface area (Å²) in [5, 5.41) is 4.60. The summed E-state index contributed by atoms with van der Waals surface area (Å²) in [6.07, 6.45) is 0. The third-order valence-electron chi connectivity index (χ3n) is 12.4. The number of hydrogen-bond donors (Lipinski definition) is 0. The van der Waals surface area contributed by atoms with Crippen molar-refractivity contribution in [1.29, 1.82) is 0 Å². The molecule has 2 aliphatic rings. The Morgan fingerprint density at radius 3 is 1.16 bits per heavy atom. The average Bonchev–Trinajstić information content (AvgIpc) is 3.27. The molecule has 0 saturated carbocycles. The van der Waals surface area contributed by atoms with Crippen molar-refractivity contribution in [3.05, 3.63) is 199 Å². The Balaban J connectivity index is 1.22. The van der Waals surface area contributed by atoms with Gasteiger partial charge in [-0.2, -0.15) is 0 Å². The van der Waals surface area contributed by atoms with Crippen molar-refractivity contribution in [2.24, 2.45) is 0 Å². The summed E-state index contributed by atoms with van der Waals surface area (Å²) in [6, 6.07) is 65.5. The normalized spacial score (nSPS) is 12.6. The standard InChI is InChI=1S/C56H45BN2O2/c1-36-18-16-24-41(30-36)58(39-20-8-6-9-21-39)47-34-51-53(45-28-14-12-26-43(45)47)57-54-46-29-15-13-27-44(46)48(59(40-22-10-7-11-23-40)42-25-17-19-37(2)31-42)35-52(54)61-50-33-38(56(3,4)5)32-49(60-51)55(50)57/h6-35H,1-5H3. The maximum absolute atomic E-state index is 7.26. The van der Waals surface area contributed by atoms with E-state index >= 15 is 0 Å². The second kappa shape index (κ2) is 14.2. The molecule has 0 unspecified atom stereocenters. The Bertz CT molecular complexity index is 2970. The highest BCUT2D eigenvalue weighted by Gasteiger charge is 2.44. The lowest BCUT2D eigenvalue weighted by atomic mass is 9.33. The molecule has 0 N–H and O–H groups in total. The van der Waals surface area contributed by atoms with E-state index in [4.69, 9.17) is 9.47 Å². The number of anilines is 6. The van der Waals surface area contributed by atoms with E-state index in [1.165, 1.54) is 11.1 Å². The number of aryl methyl sites for hydroxylation is 2. The molecular formula is C56H45BN2O2. The van der Waals surface area contributed by atoms with Gasteiger partial charge in [-0.05, 0) is 118 Å². The number of ether oxygens (including phenoxy) is 2. The van der Waals surface area contributed by atoms with Crippen molar-refractivity contribution < 1.29 is 9.47 Å². The Hall–Kier alpha value is -7.24. The van der Waals surface area contributed by atoms with Crippen LogP contribution in [0.15, 0.2) is 182 Å². The third-order valence-corrected chi connectivity index (χ3v) is 12.4. The van der Waals surface area contributed by atoms with E-state index in [2.05, 4.69) is 226 Å². The van der Waals surface area contributed by atoms with Crippen LogP contribution in [0.4, 0.5) is 34.1 Å². The first-order valence-corrected chi connectivity index (χ1v) is 21.2. The van der Waals surface area contributed by atoms with Gasteiger partial charge >= 0.3 is 0 Å². The number of hydrogen-bond acceptors (Lipinski definition) is 4. The van der Waals surface area contributed by atoms with Crippen LogP contribution in [0.1, 0.15) is 37.5 Å². The smallest absolute Gasteiger partial charge is 0.262 e. The molecule has 0 fully saturated rings. The van der Waals surface area contributed by atoms with Gasteiger partial charge in [0.05, 0.1) is 11.4 Å². The predicted molar refractivity (Wildman–Crippen MR) is 257 cm³/mol. The molecule has 4 nitrogen and oxygen atoms in total. The molecule has 0 saturated heterocycles. The van der Waals surface area contributed by atoms with E-state index in [9.17, 15) is 0 Å². The maximum atomic E-state index is 7.26. The second-order valence-electron chi connectivity index (χ2n) is 17.5. The summed E-state index contributed by atoms with van der Waals surface area (Å²) < 4.78 is 14.5. The minimum absolute atomic E-state index is 0.151. The summed E-state index contributed by atoms with van der Waals surface area (Å²) in [5.41, 5.74) is 13.2. The van der Waals surface area contributed by atoms with Crippen LogP contribution < -0.4 is 35.7 Å². The molecule has 0 aliphatic carbocycles. The Labute approximate surface area is 358 Å². The number of para-hydroxylation sites is 2. The predicted octanol–water partition coefficient (Wildman–Crippen LogP) is 13.6. The van der Waals surface area contributed by atoms with Crippen molar-refractivity contribution >= 4 is 78.8 Å². The van der Waals surface area contributed by atoms with Gasteiger partial charge in [-0.25, -0.2) is 0 Å². The first-order valence-electron chi connectivity index (χ1n) is 21.2. The lowest BCUT2D eigenvalue weighted by Gasteiger charge is -2.38. The highest BCUT2D eigenvalue weighted by Crippen LogP contribution is 2.48. The molecular weight excluding hydrogens is 743 g/mol.